The molecule has 0 fully saturated rings. The molecule has 1 aromatic heterocycles. The van der Waals surface area contributed by atoms with Gasteiger partial charge in [-0.3, -0.25) is 4.68 Å². The number of nitrogens with zero attached hydrogens (tertiary/aromatic N) is 3. The third kappa shape index (κ3) is 5.01. The maximum Gasteiger partial charge on any atom is 0.390 e. The second-order valence-electron chi connectivity index (χ2n) is 5.05. The first kappa shape index (κ1) is 16.8. The van der Waals surface area contributed by atoms with Crippen LogP contribution in [0.1, 0.15) is 17.8 Å². The van der Waals surface area contributed by atoms with Crippen LogP contribution in [0.3, 0.4) is 0 Å². The van der Waals surface area contributed by atoms with Crippen LogP contribution in [0, 0.1) is 13.8 Å². The van der Waals surface area contributed by atoms with Gasteiger partial charge < -0.3 is 15.7 Å². The van der Waals surface area contributed by atoms with Gasteiger partial charge in [0.25, 0.3) is 0 Å². The van der Waals surface area contributed by atoms with Crippen molar-refractivity contribution in [3.8, 4) is 0 Å². The van der Waals surface area contributed by atoms with E-state index in [-0.39, 0.29) is 19.6 Å². The van der Waals surface area contributed by atoms with Crippen molar-refractivity contribution in [1.29, 1.82) is 0 Å². The van der Waals surface area contributed by atoms with Gasteiger partial charge >= 0.3 is 6.18 Å². The summed E-state index contributed by atoms with van der Waals surface area (Å²) in [5.74, 6) is 0. The molecule has 116 valence electrons. The number of nitrogens with two attached hydrogens (primary N) is 1. The minimum atomic E-state index is -4.18. The van der Waals surface area contributed by atoms with E-state index in [4.69, 9.17) is 5.73 Å². The Morgan fingerprint density at radius 2 is 2.00 bits per heavy atom. The Morgan fingerprint density at radius 1 is 1.40 bits per heavy atom. The number of aryl methyl sites for hydroxylation is 1. The fourth-order valence-electron chi connectivity index (χ4n) is 1.91. The van der Waals surface area contributed by atoms with Crippen LogP contribution in [0.2, 0.25) is 0 Å². The van der Waals surface area contributed by atoms with Crippen LogP contribution in [-0.4, -0.2) is 52.2 Å². The molecular formula is C12H21F3N4O. The predicted octanol–water partition coefficient (Wildman–Crippen LogP) is 1.33. The number of anilines is 1. The lowest BCUT2D eigenvalue weighted by atomic mass is 10.3. The highest BCUT2D eigenvalue weighted by Crippen LogP contribution is 2.19. The van der Waals surface area contributed by atoms with Crippen molar-refractivity contribution in [1.82, 2.24) is 14.7 Å². The van der Waals surface area contributed by atoms with Gasteiger partial charge in [-0.1, -0.05) is 0 Å². The molecule has 1 rings (SSSR count). The van der Waals surface area contributed by atoms with Crippen LogP contribution in [0.25, 0.3) is 0 Å². The molecule has 8 heteroatoms. The summed E-state index contributed by atoms with van der Waals surface area (Å²) in [4.78, 5) is 1.45. The lowest BCUT2D eigenvalue weighted by Gasteiger charge is -2.21. The summed E-state index contributed by atoms with van der Waals surface area (Å²) in [6.07, 6.45) is -5.86. The summed E-state index contributed by atoms with van der Waals surface area (Å²) >= 11 is 0. The standard InChI is InChI=1S/C12H21F3N4O/c1-8-11(16)9(2)19(17-8)7-10(20)6-18(3)5-4-12(13,14)15/h10,20H,4-7,16H2,1-3H3. The van der Waals surface area contributed by atoms with Crippen molar-refractivity contribution in [2.75, 3.05) is 25.9 Å². The van der Waals surface area contributed by atoms with Crippen LogP contribution in [0.15, 0.2) is 0 Å². The molecule has 5 nitrogen and oxygen atoms in total. The molecule has 1 heterocycles. The molecule has 0 aliphatic heterocycles. The van der Waals surface area contributed by atoms with Gasteiger partial charge in [0.1, 0.15) is 0 Å². The minimum absolute atomic E-state index is 0.139. The Hall–Kier alpha value is -1.28. The number of alkyl halides is 3. The number of hydrogen-bond donors (Lipinski definition) is 2. The van der Waals surface area contributed by atoms with Crippen LogP contribution >= 0.6 is 0 Å². The molecule has 0 amide bonds. The lowest BCUT2D eigenvalue weighted by molar-refractivity contribution is -0.138. The SMILES string of the molecule is Cc1nn(CC(O)CN(C)CCC(F)(F)F)c(C)c1N. The summed E-state index contributed by atoms with van der Waals surface area (Å²) in [6.45, 7) is 3.77. The molecule has 0 bridgehead atoms. The van der Waals surface area contributed by atoms with Gasteiger partial charge in [-0.05, 0) is 20.9 Å². The monoisotopic (exact) mass is 294 g/mol. The minimum Gasteiger partial charge on any atom is -0.396 e. The molecule has 1 atom stereocenters. The first-order valence-electron chi connectivity index (χ1n) is 6.33. The molecule has 0 saturated heterocycles. The molecule has 3 N–H and O–H groups in total. The van der Waals surface area contributed by atoms with Crippen molar-refractivity contribution in [3.63, 3.8) is 0 Å². The Labute approximate surface area is 116 Å². The first-order valence-corrected chi connectivity index (χ1v) is 6.33. The second-order valence-corrected chi connectivity index (χ2v) is 5.05. The van der Waals surface area contributed by atoms with E-state index in [1.165, 1.54) is 4.90 Å². The fraction of sp³-hybridized carbons (Fsp3) is 0.750. The zero-order valence-electron chi connectivity index (χ0n) is 11.9. The van der Waals surface area contributed by atoms with Crippen molar-refractivity contribution < 1.29 is 18.3 Å². The number of halogens is 3. The smallest absolute Gasteiger partial charge is 0.390 e. The van der Waals surface area contributed by atoms with Gasteiger partial charge in [0.15, 0.2) is 0 Å². The van der Waals surface area contributed by atoms with E-state index in [1.807, 2.05) is 0 Å². The second kappa shape index (κ2) is 6.45. The summed E-state index contributed by atoms with van der Waals surface area (Å²) in [5.41, 5.74) is 7.78. The third-order valence-electron chi connectivity index (χ3n) is 3.12. The number of nitrogen functional groups attached to an aromatic ring is 1. The quantitative estimate of drug-likeness (QED) is 0.830. The van der Waals surface area contributed by atoms with Gasteiger partial charge in [0.05, 0.1) is 36.1 Å². The van der Waals surface area contributed by atoms with E-state index < -0.39 is 18.7 Å². The fourth-order valence-corrected chi connectivity index (χ4v) is 1.91. The number of likely N-dealkylation sites (N-methyl/N-ethyl adjacent to an activating group) is 1. The van der Waals surface area contributed by atoms with Crippen LogP contribution in [0.4, 0.5) is 18.9 Å². The Kier molecular flexibility index (Phi) is 5.41. The van der Waals surface area contributed by atoms with Crippen molar-refractivity contribution >= 4 is 5.69 Å². The molecular weight excluding hydrogens is 273 g/mol. The summed E-state index contributed by atoms with van der Waals surface area (Å²) in [7, 11) is 1.55. The van der Waals surface area contributed by atoms with Crippen LogP contribution < -0.4 is 5.73 Å². The number of aliphatic hydroxyl groups is 1. The topological polar surface area (TPSA) is 67.3 Å². The Morgan fingerprint density at radius 3 is 2.45 bits per heavy atom. The predicted molar refractivity (Wildman–Crippen MR) is 70.3 cm³/mol. The zero-order chi connectivity index (χ0) is 15.5. The van der Waals surface area contributed by atoms with Crippen molar-refractivity contribution in [3.05, 3.63) is 11.4 Å². The number of rotatable bonds is 6. The van der Waals surface area contributed by atoms with Gasteiger partial charge in [-0.15, -0.1) is 0 Å². The molecule has 1 unspecified atom stereocenters. The molecule has 20 heavy (non-hydrogen) atoms. The molecule has 0 saturated carbocycles. The molecule has 0 aliphatic rings. The largest absolute Gasteiger partial charge is 0.396 e. The number of aromatic nitrogens is 2. The number of hydrogen-bond acceptors (Lipinski definition) is 4. The van der Waals surface area contributed by atoms with Gasteiger partial charge in [0, 0.05) is 13.1 Å². The van der Waals surface area contributed by atoms with E-state index in [9.17, 15) is 18.3 Å². The molecule has 0 radical (unpaired) electrons. The van der Waals surface area contributed by atoms with E-state index in [2.05, 4.69) is 5.10 Å². The van der Waals surface area contributed by atoms with Gasteiger partial charge in [0.2, 0.25) is 0 Å². The molecule has 0 aromatic carbocycles. The molecule has 0 spiro atoms. The average molecular weight is 294 g/mol. The van der Waals surface area contributed by atoms with E-state index in [1.54, 1.807) is 25.6 Å². The highest BCUT2D eigenvalue weighted by atomic mass is 19.4. The number of aliphatic hydroxyl groups excluding tert-OH is 1. The van der Waals surface area contributed by atoms with Gasteiger partial charge in [-0.2, -0.15) is 18.3 Å². The maximum atomic E-state index is 12.1. The van der Waals surface area contributed by atoms with E-state index >= 15 is 0 Å². The highest BCUT2D eigenvalue weighted by Gasteiger charge is 2.27. The lowest BCUT2D eigenvalue weighted by Crippen LogP contribution is -2.34. The Balaban J connectivity index is 2.47. The maximum absolute atomic E-state index is 12.1. The summed E-state index contributed by atoms with van der Waals surface area (Å²) in [6, 6.07) is 0. The van der Waals surface area contributed by atoms with E-state index in [0.29, 0.717) is 11.4 Å². The molecule has 0 aliphatic carbocycles. The average Bonchev–Trinajstić information content (AvgIpc) is 2.53. The Bertz CT molecular complexity index is 445. The van der Waals surface area contributed by atoms with Crippen molar-refractivity contribution in [2.24, 2.45) is 0 Å². The summed E-state index contributed by atoms with van der Waals surface area (Å²) in [5, 5.41) is 14.1. The molecule has 1 aromatic rings. The van der Waals surface area contributed by atoms with Crippen molar-refractivity contribution in [2.45, 2.75) is 39.1 Å². The van der Waals surface area contributed by atoms with E-state index in [0.717, 1.165) is 5.69 Å². The highest BCUT2D eigenvalue weighted by molar-refractivity contribution is 5.46. The first-order chi connectivity index (χ1) is 9.10. The third-order valence-corrected chi connectivity index (χ3v) is 3.12. The van der Waals surface area contributed by atoms with Crippen LogP contribution in [0.5, 0.6) is 0 Å². The summed E-state index contributed by atoms with van der Waals surface area (Å²) < 4.78 is 37.8. The van der Waals surface area contributed by atoms with Crippen LogP contribution in [-0.2, 0) is 6.54 Å². The zero-order valence-corrected chi connectivity index (χ0v) is 11.9. The van der Waals surface area contributed by atoms with Gasteiger partial charge in [-0.25, -0.2) is 0 Å². The normalized spacial score (nSPS) is 14.0.